The number of phenolic OH excluding ortho intramolecular Hbond substituents is 1. The highest BCUT2D eigenvalue weighted by atomic mass is 17.2. The van der Waals surface area contributed by atoms with Crippen LogP contribution in [-0.4, -0.2) is 21.4 Å². The van der Waals surface area contributed by atoms with Gasteiger partial charge in [-0.25, -0.2) is 20.3 Å². The van der Waals surface area contributed by atoms with Crippen molar-refractivity contribution < 1.29 is 25.4 Å². The second-order valence-corrected chi connectivity index (χ2v) is 3.93. The van der Waals surface area contributed by atoms with Gasteiger partial charge < -0.3 is 5.11 Å². The van der Waals surface area contributed by atoms with Crippen LogP contribution in [0, 0.1) is 0 Å². The average molecular weight is 242 g/mol. The molecule has 0 fully saturated rings. The number of benzene rings is 1. The van der Waals surface area contributed by atoms with Crippen LogP contribution < -0.4 is 0 Å². The number of aryl methyl sites for hydroxylation is 1. The molecule has 0 unspecified atom stereocenters. The molecule has 0 saturated carbocycles. The molecule has 0 aromatic heterocycles. The molecule has 17 heavy (non-hydrogen) atoms. The highest BCUT2D eigenvalue weighted by Crippen LogP contribution is 2.25. The van der Waals surface area contributed by atoms with Crippen molar-refractivity contribution in [1.82, 2.24) is 0 Å². The SMILES string of the molecule is CCC(CCCc1ccccc1O)(OO)OO. The van der Waals surface area contributed by atoms with Crippen LogP contribution in [0.15, 0.2) is 24.3 Å². The normalized spacial score (nSPS) is 11.7. The summed E-state index contributed by atoms with van der Waals surface area (Å²) in [5.74, 6) is -1.13. The molecule has 1 aromatic carbocycles. The summed E-state index contributed by atoms with van der Waals surface area (Å²) in [6.07, 6.45) is 1.86. The number of rotatable bonds is 7. The van der Waals surface area contributed by atoms with E-state index in [-0.39, 0.29) is 5.75 Å². The molecule has 0 amide bonds. The second kappa shape index (κ2) is 6.56. The first kappa shape index (κ1) is 13.9. The topological polar surface area (TPSA) is 79.2 Å². The van der Waals surface area contributed by atoms with E-state index in [1.807, 2.05) is 12.1 Å². The number of hydrogen-bond acceptors (Lipinski definition) is 5. The molecule has 0 aliphatic carbocycles. The maximum Gasteiger partial charge on any atom is 0.233 e. The molecule has 5 heteroatoms. The van der Waals surface area contributed by atoms with Gasteiger partial charge in [0, 0.05) is 12.8 Å². The van der Waals surface area contributed by atoms with E-state index in [4.69, 9.17) is 10.5 Å². The lowest BCUT2D eigenvalue weighted by Gasteiger charge is -2.24. The van der Waals surface area contributed by atoms with Gasteiger partial charge in [-0.1, -0.05) is 25.1 Å². The molecule has 0 aliphatic rings. The quantitative estimate of drug-likeness (QED) is 0.389. The van der Waals surface area contributed by atoms with E-state index in [0.29, 0.717) is 25.7 Å². The van der Waals surface area contributed by atoms with Gasteiger partial charge >= 0.3 is 0 Å². The molecule has 5 nitrogen and oxygen atoms in total. The van der Waals surface area contributed by atoms with Gasteiger partial charge in [0.15, 0.2) is 0 Å². The van der Waals surface area contributed by atoms with Gasteiger partial charge in [0.25, 0.3) is 0 Å². The maximum absolute atomic E-state index is 9.55. The number of para-hydroxylation sites is 1. The summed E-state index contributed by atoms with van der Waals surface area (Å²) in [6, 6.07) is 7.03. The molecule has 0 aliphatic heterocycles. The van der Waals surface area contributed by atoms with Crippen LogP contribution in [0.1, 0.15) is 31.7 Å². The Morgan fingerprint density at radius 1 is 1.18 bits per heavy atom. The van der Waals surface area contributed by atoms with Gasteiger partial charge in [-0.3, -0.25) is 0 Å². The van der Waals surface area contributed by atoms with E-state index in [1.54, 1.807) is 19.1 Å². The summed E-state index contributed by atoms with van der Waals surface area (Å²) in [6.45, 7) is 1.73. The molecule has 3 N–H and O–H groups in total. The van der Waals surface area contributed by atoms with Crippen molar-refractivity contribution in [2.75, 3.05) is 0 Å². The molecule has 1 rings (SSSR count). The summed E-state index contributed by atoms with van der Waals surface area (Å²) >= 11 is 0. The van der Waals surface area contributed by atoms with Crippen molar-refractivity contribution in [2.45, 2.75) is 38.4 Å². The highest BCUT2D eigenvalue weighted by Gasteiger charge is 2.30. The lowest BCUT2D eigenvalue weighted by atomic mass is 10.0. The lowest BCUT2D eigenvalue weighted by molar-refractivity contribution is -0.488. The molecule has 0 atom stereocenters. The van der Waals surface area contributed by atoms with E-state index in [2.05, 4.69) is 9.78 Å². The highest BCUT2D eigenvalue weighted by molar-refractivity contribution is 5.31. The molecule has 96 valence electrons. The van der Waals surface area contributed by atoms with Crippen LogP contribution in [0.25, 0.3) is 0 Å². The predicted molar refractivity (Wildman–Crippen MR) is 61.5 cm³/mol. The van der Waals surface area contributed by atoms with Gasteiger partial charge in [0.05, 0.1) is 0 Å². The molecule has 0 bridgehead atoms. The summed E-state index contributed by atoms with van der Waals surface area (Å²) in [5, 5.41) is 26.9. The van der Waals surface area contributed by atoms with Crippen molar-refractivity contribution in [3.05, 3.63) is 29.8 Å². The standard InChI is InChI=1S/C12H18O5/c1-2-12(16-14,17-15)9-5-7-10-6-3-4-8-11(10)13/h3-4,6,8,13-15H,2,5,7,9H2,1H3. The van der Waals surface area contributed by atoms with Gasteiger partial charge in [-0.2, -0.15) is 0 Å². The van der Waals surface area contributed by atoms with Crippen LogP contribution in [0.3, 0.4) is 0 Å². The Morgan fingerprint density at radius 2 is 1.82 bits per heavy atom. The molecular weight excluding hydrogens is 224 g/mol. The molecule has 0 spiro atoms. The molecule has 0 radical (unpaired) electrons. The number of phenols is 1. The van der Waals surface area contributed by atoms with Crippen molar-refractivity contribution in [2.24, 2.45) is 0 Å². The van der Waals surface area contributed by atoms with E-state index in [1.165, 1.54) is 0 Å². The Balaban J connectivity index is 2.49. The van der Waals surface area contributed by atoms with Crippen LogP contribution in [0.5, 0.6) is 5.75 Å². The summed E-state index contributed by atoms with van der Waals surface area (Å²) < 4.78 is 0. The van der Waals surface area contributed by atoms with Gasteiger partial charge in [-0.15, -0.1) is 0 Å². The third kappa shape index (κ3) is 3.67. The molecular formula is C12H18O5. The van der Waals surface area contributed by atoms with E-state index in [9.17, 15) is 5.11 Å². The maximum atomic E-state index is 9.55. The fourth-order valence-corrected chi connectivity index (χ4v) is 1.68. The zero-order chi connectivity index (χ0) is 12.7. The Hall–Kier alpha value is -1.14. The van der Waals surface area contributed by atoms with Crippen molar-refractivity contribution in [3.63, 3.8) is 0 Å². The van der Waals surface area contributed by atoms with E-state index in [0.717, 1.165) is 5.56 Å². The Bertz CT molecular complexity index is 327. The van der Waals surface area contributed by atoms with Gasteiger partial charge in [0.2, 0.25) is 5.79 Å². The van der Waals surface area contributed by atoms with E-state index < -0.39 is 5.79 Å². The molecule has 0 heterocycles. The zero-order valence-electron chi connectivity index (χ0n) is 9.80. The largest absolute Gasteiger partial charge is 0.508 e. The Labute approximate surface area is 100 Å². The summed E-state index contributed by atoms with van der Waals surface area (Å²) in [4.78, 5) is 8.34. The summed E-state index contributed by atoms with van der Waals surface area (Å²) in [7, 11) is 0. The Morgan fingerprint density at radius 3 is 2.35 bits per heavy atom. The summed E-state index contributed by atoms with van der Waals surface area (Å²) in [5.41, 5.74) is 0.813. The minimum Gasteiger partial charge on any atom is -0.508 e. The van der Waals surface area contributed by atoms with Crippen molar-refractivity contribution in [1.29, 1.82) is 0 Å². The fraction of sp³-hybridized carbons (Fsp3) is 0.500. The zero-order valence-corrected chi connectivity index (χ0v) is 9.80. The Kier molecular flexibility index (Phi) is 5.37. The molecule has 1 aromatic rings. The first-order valence-electron chi connectivity index (χ1n) is 5.59. The van der Waals surface area contributed by atoms with Crippen LogP contribution >= 0.6 is 0 Å². The van der Waals surface area contributed by atoms with Crippen LogP contribution in [-0.2, 0) is 16.2 Å². The van der Waals surface area contributed by atoms with Gasteiger partial charge in [-0.05, 0) is 24.5 Å². The first-order valence-corrected chi connectivity index (χ1v) is 5.59. The number of aromatic hydroxyl groups is 1. The van der Waals surface area contributed by atoms with Crippen molar-refractivity contribution >= 4 is 0 Å². The predicted octanol–water partition coefficient (Wildman–Crippen LogP) is 2.80. The fourth-order valence-electron chi connectivity index (χ4n) is 1.68. The molecule has 0 saturated heterocycles. The van der Waals surface area contributed by atoms with Crippen LogP contribution in [0.2, 0.25) is 0 Å². The van der Waals surface area contributed by atoms with E-state index >= 15 is 0 Å². The third-order valence-electron chi connectivity index (χ3n) is 2.87. The third-order valence-corrected chi connectivity index (χ3v) is 2.87. The van der Waals surface area contributed by atoms with Crippen LogP contribution in [0.4, 0.5) is 0 Å². The minimum absolute atomic E-state index is 0.240. The minimum atomic E-state index is -1.37. The van der Waals surface area contributed by atoms with Crippen molar-refractivity contribution in [3.8, 4) is 5.75 Å². The first-order chi connectivity index (χ1) is 8.17. The second-order valence-electron chi connectivity index (χ2n) is 3.93. The van der Waals surface area contributed by atoms with Gasteiger partial charge in [0.1, 0.15) is 5.75 Å². The monoisotopic (exact) mass is 242 g/mol. The number of hydrogen-bond donors (Lipinski definition) is 3. The lowest BCUT2D eigenvalue weighted by Crippen LogP contribution is -2.33. The average Bonchev–Trinajstić information content (AvgIpc) is 2.37. The smallest absolute Gasteiger partial charge is 0.233 e.